The Balaban J connectivity index is 0.000000379. The van der Waals surface area contributed by atoms with E-state index < -0.39 is 0 Å². The molecule has 0 saturated carbocycles. The summed E-state index contributed by atoms with van der Waals surface area (Å²) in [4.78, 5) is 11.1. The Hall–Kier alpha value is -1.15. The molecule has 2 rings (SSSR count). The lowest BCUT2D eigenvalue weighted by atomic mass is 10.1. The lowest BCUT2D eigenvalue weighted by Gasteiger charge is -1.92. The molecule has 0 fully saturated rings. The van der Waals surface area contributed by atoms with Gasteiger partial charge in [0.1, 0.15) is 0 Å². The van der Waals surface area contributed by atoms with Gasteiger partial charge in [-0.15, -0.1) is 0 Å². The predicted octanol–water partition coefficient (Wildman–Crippen LogP) is 2.45. The Kier molecular flexibility index (Phi) is 6.68. The summed E-state index contributed by atoms with van der Waals surface area (Å²) in [6.07, 6.45) is 1.65. The van der Waals surface area contributed by atoms with E-state index in [1.165, 1.54) is 5.56 Å². The normalized spacial score (nSPS) is 11.9. The molecule has 1 aromatic rings. The van der Waals surface area contributed by atoms with Crippen LogP contribution in [0.2, 0.25) is 0 Å². The van der Waals surface area contributed by atoms with Gasteiger partial charge in [0.25, 0.3) is 0 Å². The zero-order valence-corrected chi connectivity index (χ0v) is 9.08. The van der Waals surface area contributed by atoms with Crippen molar-refractivity contribution in [1.29, 1.82) is 0 Å². The van der Waals surface area contributed by atoms with Gasteiger partial charge in [0.15, 0.2) is 5.78 Å². The average Bonchev–Trinajstić information content (AvgIpc) is 2.67. The summed E-state index contributed by atoms with van der Waals surface area (Å²) in [5.74, 6) is 0.301. The number of carbonyl (C=O) groups excluding carboxylic acids is 1. The van der Waals surface area contributed by atoms with Gasteiger partial charge < -0.3 is 5.11 Å². The van der Waals surface area contributed by atoms with Crippen LogP contribution in [0.1, 0.15) is 36.2 Å². The Morgan fingerprint density at radius 3 is 2.21 bits per heavy atom. The lowest BCUT2D eigenvalue weighted by Crippen LogP contribution is -1.88. The summed E-state index contributed by atoms with van der Waals surface area (Å²) in [5, 5.41) is 7.00. The van der Waals surface area contributed by atoms with Gasteiger partial charge in [-0.2, -0.15) is 0 Å². The van der Waals surface area contributed by atoms with Crippen molar-refractivity contribution in [2.45, 2.75) is 26.7 Å². The number of hydrogen-bond acceptors (Lipinski definition) is 2. The number of Topliss-reactive ketones (excluding diaryl/α,β-unsaturated/α-hetero) is 1. The van der Waals surface area contributed by atoms with Gasteiger partial charge in [-0.1, -0.05) is 38.1 Å². The van der Waals surface area contributed by atoms with Crippen LogP contribution in [0.25, 0.3) is 0 Å². The largest absolute Gasteiger partial charge is 0.400 e. The zero-order chi connectivity index (χ0) is 11.0. The van der Waals surface area contributed by atoms with Crippen molar-refractivity contribution in [3.63, 3.8) is 0 Å². The van der Waals surface area contributed by atoms with E-state index in [9.17, 15) is 4.79 Å². The van der Waals surface area contributed by atoms with E-state index in [1.807, 2.05) is 38.1 Å². The molecule has 78 valence electrons. The molecule has 0 saturated heterocycles. The molecule has 1 N–H and O–H groups in total. The number of aryl methyl sites for hydroxylation is 1. The zero-order valence-electron chi connectivity index (χ0n) is 9.08. The predicted molar refractivity (Wildman–Crippen MR) is 58.6 cm³/mol. The first-order chi connectivity index (χ1) is 6.88. The molecule has 1 aromatic carbocycles. The Morgan fingerprint density at radius 2 is 1.64 bits per heavy atom. The average molecular weight is 194 g/mol. The fourth-order valence-electron chi connectivity index (χ4n) is 1.39. The Labute approximate surface area is 85.6 Å². The van der Waals surface area contributed by atoms with Crippen LogP contribution in [0, 0.1) is 0 Å². The van der Waals surface area contributed by atoms with E-state index in [4.69, 9.17) is 5.11 Å². The third-order valence-corrected chi connectivity index (χ3v) is 1.94. The van der Waals surface area contributed by atoms with Gasteiger partial charge in [-0.25, -0.2) is 0 Å². The number of ketones is 1. The Morgan fingerprint density at radius 1 is 1.07 bits per heavy atom. The smallest absolute Gasteiger partial charge is 0.163 e. The number of hydrogen-bond donors (Lipinski definition) is 1. The van der Waals surface area contributed by atoms with Crippen molar-refractivity contribution < 1.29 is 9.90 Å². The summed E-state index contributed by atoms with van der Waals surface area (Å²) in [5.41, 5.74) is 2.15. The molecular formula is C12H18O2. The van der Waals surface area contributed by atoms with Gasteiger partial charge >= 0.3 is 0 Å². The molecule has 0 heterocycles. The number of fused-ring (bicyclic) bond motifs is 1. The monoisotopic (exact) mass is 194 g/mol. The molecule has 14 heavy (non-hydrogen) atoms. The number of benzene rings is 1. The Bertz CT molecular complexity index is 279. The maximum Gasteiger partial charge on any atom is 0.163 e. The first-order valence-electron chi connectivity index (χ1n) is 4.94. The molecule has 0 aliphatic heterocycles. The number of aliphatic hydroxyl groups is 1. The first kappa shape index (κ1) is 12.8. The van der Waals surface area contributed by atoms with E-state index in [1.54, 1.807) is 0 Å². The van der Waals surface area contributed by atoms with Crippen molar-refractivity contribution in [2.75, 3.05) is 7.11 Å². The number of rotatable bonds is 0. The highest BCUT2D eigenvalue weighted by atomic mass is 16.2. The molecule has 0 unspecified atom stereocenters. The van der Waals surface area contributed by atoms with Crippen LogP contribution in [-0.4, -0.2) is 18.0 Å². The lowest BCUT2D eigenvalue weighted by molar-refractivity contribution is 0.0994. The molecule has 0 aromatic heterocycles. The van der Waals surface area contributed by atoms with Crippen LogP contribution in [0.4, 0.5) is 0 Å². The van der Waals surface area contributed by atoms with Gasteiger partial charge in [0, 0.05) is 19.1 Å². The minimum atomic E-state index is 0.301. The van der Waals surface area contributed by atoms with E-state index in [-0.39, 0.29) is 0 Å². The molecule has 1 aliphatic carbocycles. The first-order valence-corrected chi connectivity index (χ1v) is 4.94. The molecule has 2 nitrogen and oxygen atoms in total. The standard InChI is InChI=1S/C9H8O.C2H6.CH4O/c10-9-6-5-7-3-1-2-4-8(7)9;2*1-2/h1-4H,5-6H2;1-2H3;2H,1H3. The molecular weight excluding hydrogens is 176 g/mol. The van der Waals surface area contributed by atoms with Crippen molar-refractivity contribution in [3.05, 3.63) is 35.4 Å². The maximum atomic E-state index is 11.1. The van der Waals surface area contributed by atoms with E-state index in [2.05, 4.69) is 0 Å². The maximum absolute atomic E-state index is 11.1. The number of carbonyl (C=O) groups is 1. The minimum Gasteiger partial charge on any atom is -0.400 e. The third-order valence-electron chi connectivity index (χ3n) is 1.94. The van der Waals surface area contributed by atoms with Crippen molar-refractivity contribution >= 4 is 5.78 Å². The highest BCUT2D eigenvalue weighted by Gasteiger charge is 2.17. The number of aliphatic hydroxyl groups excluding tert-OH is 1. The minimum absolute atomic E-state index is 0.301. The second-order valence-electron chi connectivity index (χ2n) is 2.58. The van der Waals surface area contributed by atoms with E-state index in [0.717, 1.165) is 19.1 Å². The molecule has 0 bridgehead atoms. The fourth-order valence-corrected chi connectivity index (χ4v) is 1.39. The quantitative estimate of drug-likeness (QED) is 0.688. The van der Waals surface area contributed by atoms with Crippen molar-refractivity contribution in [2.24, 2.45) is 0 Å². The van der Waals surface area contributed by atoms with Crippen molar-refractivity contribution in [1.82, 2.24) is 0 Å². The second kappa shape index (κ2) is 7.27. The molecule has 0 radical (unpaired) electrons. The molecule has 1 aliphatic rings. The highest BCUT2D eigenvalue weighted by molar-refractivity contribution is 6.00. The van der Waals surface area contributed by atoms with Gasteiger partial charge in [-0.05, 0) is 12.0 Å². The van der Waals surface area contributed by atoms with Crippen LogP contribution in [0.5, 0.6) is 0 Å². The van der Waals surface area contributed by atoms with Crippen LogP contribution < -0.4 is 0 Å². The van der Waals surface area contributed by atoms with Crippen LogP contribution in [0.3, 0.4) is 0 Å². The summed E-state index contributed by atoms with van der Waals surface area (Å²) in [6, 6.07) is 7.84. The summed E-state index contributed by atoms with van der Waals surface area (Å²) in [7, 11) is 1.00. The summed E-state index contributed by atoms with van der Waals surface area (Å²) >= 11 is 0. The van der Waals surface area contributed by atoms with Crippen LogP contribution >= 0.6 is 0 Å². The molecule has 0 spiro atoms. The van der Waals surface area contributed by atoms with Crippen LogP contribution in [-0.2, 0) is 6.42 Å². The second-order valence-corrected chi connectivity index (χ2v) is 2.58. The molecule has 0 atom stereocenters. The topological polar surface area (TPSA) is 37.3 Å². The molecule has 0 amide bonds. The van der Waals surface area contributed by atoms with Gasteiger partial charge in [0.2, 0.25) is 0 Å². The molecule has 2 heteroatoms. The fraction of sp³-hybridized carbons (Fsp3) is 0.417. The third kappa shape index (κ3) is 2.96. The van der Waals surface area contributed by atoms with Gasteiger partial charge in [0.05, 0.1) is 0 Å². The summed E-state index contributed by atoms with van der Waals surface area (Å²) in [6.45, 7) is 4.00. The summed E-state index contributed by atoms with van der Waals surface area (Å²) < 4.78 is 0. The van der Waals surface area contributed by atoms with Crippen molar-refractivity contribution in [3.8, 4) is 0 Å². The SMILES string of the molecule is CC.CO.O=C1CCc2ccccc21. The van der Waals surface area contributed by atoms with Crippen LogP contribution in [0.15, 0.2) is 24.3 Å². The van der Waals surface area contributed by atoms with E-state index in [0.29, 0.717) is 12.2 Å². The van der Waals surface area contributed by atoms with E-state index >= 15 is 0 Å². The van der Waals surface area contributed by atoms with Gasteiger partial charge in [-0.3, -0.25) is 4.79 Å². The highest BCUT2D eigenvalue weighted by Crippen LogP contribution is 2.20.